The van der Waals surface area contributed by atoms with Crippen LogP contribution in [0.3, 0.4) is 0 Å². The lowest BCUT2D eigenvalue weighted by Gasteiger charge is -2.36. The van der Waals surface area contributed by atoms with Crippen molar-refractivity contribution in [3.63, 3.8) is 0 Å². The number of rotatable bonds is 10. The van der Waals surface area contributed by atoms with E-state index in [1.165, 1.54) is 44.1 Å². The van der Waals surface area contributed by atoms with E-state index in [2.05, 4.69) is 69.9 Å². The van der Waals surface area contributed by atoms with Crippen LogP contribution < -0.4 is 5.32 Å². The summed E-state index contributed by atoms with van der Waals surface area (Å²) in [5.74, 6) is 0. The van der Waals surface area contributed by atoms with Gasteiger partial charge in [0.2, 0.25) is 0 Å². The van der Waals surface area contributed by atoms with E-state index in [4.69, 9.17) is 0 Å². The van der Waals surface area contributed by atoms with Crippen molar-refractivity contribution in [2.75, 3.05) is 6.54 Å². The second kappa shape index (κ2) is 9.02. The van der Waals surface area contributed by atoms with Crippen LogP contribution in [0.25, 0.3) is 0 Å². The van der Waals surface area contributed by atoms with Crippen molar-refractivity contribution in [2.45, 2.75) is 71.6 Å². The first-order valence-electron chi connectivity index (χ1n) is 8.83. The summed E-state index contributed by atoms with van der Waals surface area (Å²) in [7, 11) is 0. The van der Waals surface area contributed by atoms with E-state index in [0.29, 0.717) is 10.8 Å². The van der Waals surface area contributed by atoms with Crippen molar-refractivity contribution in [3.05, 3.63) is 48.7 Å². The Balaban J connectivity index is 2.91. The van der Waals surface area contributed by atoms with Gasteiger partial charge in [-0.2, -0.15) is 0 Å². The third-order valence-corrected chi connectivity index (χ3v) is 4.59. The fraction of sp³-hybridized carbons (Fsp3) is 0.619. The predicted octanol–water partition coefficient (Wildman–Crippen LogP) is 6.06. The van der Waals surface area contributed by atoms with Crippen LogP contribution in [0, 0.1) is 5.41 Å². The minimum absolute atomic E-state index is 0.303. The molecule has 0 fully saturated rings. The standard InChI is InChI=1S/C21H35N/c1-6-14-21(17-18-22-7-2,16-11-15-20(3,4)5)19-12-9-8-10-13-19/h7-10,12-13,22H,2,6,11,14-18H2,1,3-5H3. The number of nitrogens with one attached hydrogen (secondary N) is 1. The smallest absolute Gasteiger partial charge is 0.0149 e. The molecule has 0 heterocycles. The van der Waals surface area contributed by atoms with Gasteiger partial charge in [0.05, 0.1) is 0 Å². The molecule has 124 valence electrons. The van der Waals surface area contributed by atoms with E-state index in [9.17, 15) is 0 Å². The lowest BCUT2D eigenvalue weighted by Crippen LogP contribution is -2.30. The van der Waals surface area contributed by atoms with Gasteiger partial charge in [-0.25, -0.2) is 0 Å². The summed E-state index contributed by atoms with van der Waals surface area (Å²) < 4.78 is 0. The first-order valence-corrected chi connectivity index (χ1v) is 8.83. The van der Waals surface area contributed by atoms with Gasteiger partial charge in [0.25, 0.3) is 0 Å². The highest BCUT2D eigenvalue weighted by molar-refractivity contribution is 5.25. The van der Waals surface area contributed by atoms with Crippen molar-refractivity contribution in [2.24, 2.45) is 5.41 Å². The topological polar surface area (TPSA) is 12.0 Å². The lowest BCUT2D eigenvalue weighted by atomic mass is 9.70. The molecule has 0 saturated carbocycles. The van der Waals surface area contributed by atoms with Gasteiger partial charge < -0.3 is 5.32 Å². The first kappa shape index (κ1) is 18.8. The molecule has 0 spiro atoms. The predicted molar refractivity (Wildman–Crippen MR) is 99.2 cm³/mol. The summed E-state index contributed by atoms with van der Waals surface area (Å²) >= 11 is 0. The zero-order valence-electron chi connectivity index (χ0n) is 15.1. The van der Waals surface area contributed by atoms with Gasteiger partial charge in [-0.1, -0.05) is 77.4 Å². The number of hydrogen-bond acceptors (Lipinski definition) is 1. The molecule has 1 nitrogen and oxygen atoms in total. The van der Waals surface area contributed by atoms with Gasteiger partial charge in [-0.15, -0.1) is 0 Å². The minimum atomic E-state index is 0.303. The maximum absolute atomic E-state index is 3.78. The Kier molecular flexibility index (Phi) is 7.72. The highest BCUT2D eigenvalue weighted by Gasteiger charge is 2.30. The second-order valence-electron chi connectivity index (χ2n) is 7.72. The average molecular weight is 302 g/mol. The molecule has 1 atom stereocenters. The van der Waals surface area contributed by atoms with Gasteiger partial charge in [0.1, 0.15) is 0 Å². The number of benzene rings is 1. The highest BCUT2D eigenvalue weighted by atomic mass is 14.8. The molecule has 1 N–H and O–H groups in total. The Morgan fingerprint density at radius 3 is 2.23 bits per heavy atom. The quantitative estimate of drug-likeness (QED) is 0.518. The van der Waals surface area contributed by atoms with E-state index in [0.717, 1.165) is 6.54 Å². The van der Waals surface area contributed by atoms with Crippen molar-refractivity contribution >= 4 is 0 Å². The number of hydrogen-bond donors (Lipinski definition) is 1. The molecule has 0 aliphatic rings. The minimum Gasteiger partial charge on any atom is -0.391 e. The van der Waals surface area contributed by atoms with Crippen LogP contribution in [0.5, 0.6) is 0 Å². The van der Waals surface area contributed by atoms with Crippen molar-refractivity contribution in [1.82, 2.24) is 5.32 Å². The Hall–Kier alpha value is -1.24. The molecule has 0 amide bonds. The van der Waals surface area contributed by atoms with Crippen LogP contribution in [0.1, 0.15) is 71.8 Å². The Labute approximate surface area is 138 Å². The molecule has 1 aromatic carbocycles. The average Bonchev–Trinajstić information content (AvgIpc) is 2.47. The molecule has 1 heteroatoms. The third-order valence-electron chi connectivity index (χ3n) is 4.59. The molecule has 1 aromatic rings. The molecule has 1 rings (SSSR count). The Morgan fingerprint density at radius 2 is 1.68 bits per heavy atom. The van der Waals surface area contributed by atoms with Crippen molar-refractivity contribution in [3.8, 4) is 0 Å². The zero-order valence-corrected chi connectivity index (χ0v) is 15.1. The Morgan fingerprint density at radius 1 is 1.00 bits per heavy atom. The lowest BCUT2D eigenvalue weighted by molar-refractivity contribution is 0.285. The maximum Gasteiger partial charge on any atom is 0.0149 e. The fourth-order valence-corrected chi connectivity index (χ4v) is 3.45. The molecule has 22 heavy (non-hydrogen) atoms. The van der Waals surface area contributed by atoms with Gasteiger partial charge in [0.15, 0.2) is 0 Å². The van der Waals surface area contributed by atoms with Crippen LogP contribution in [-0.4, -0.2) is 6.54 Å². The summed E-state index contributed by atoms with van der Waals surface area (Å²) in [4.78, 5) is 0. The maximum atomic E-state index is 3.78. The van der Waals surface area contributed by atoms with E-state index < -0.39 is 0 Å². The van der Waals surface area contributed by atoms with Crippen LogP contribution in [0.15, 0.2) is 43.1 Å². The molecular formula is C21H35N. The molecule has 0 saturated heterocycles. The van der Waals surface area contributed by atoms with Gasteiger partial charge in [0, 0.05) is 6.54 Å². The van der Waals surface area contributed by atoms with Gasteiger partial charge >= 0.3 is 0 Å². The molecule has 0 aliphatic carbocycles. The fourth-order valence-electron chi connectivity index (χ4n) is 3.45. The second-order valence-corrected chi connectivity index (χ2v) is 7.72. The van der Waals surface area contributed by atoms with E-state index >= 15 is 0 Å². The largest absolute Gasteiger partial charge is 0.391 e. The van der Waals surface area contributed by atoms with Crippen molar-refractivity contribution < 1.29 is 0 Å². The van der Waals surface area contributed by atoms with E-state index in [-0.39, 0.29) is 0 Å². The highest BCUT2D eigenvalue weighted by Crippen LogP contribution is 2.39. The van der Waals surface area contributed by atoms with E-state index in [1.807, 2.05) is 6.20 Å². The summed E-state index contributed by atoms with van der Waals surface area (Å²) in [6.45, 7) is 14.1. The first-order chi connectivity index (χ1) is 10.4. The molecular weight excluding hydrogens is 266 g/mol. The van der Waals surface area contributed by atoms with Gasteiger partial charge in [-0.3, -0.25) is 0 Å². The van der Waals surface area contributed by atoms with Crippen LogP contribution >= 0.6 is 0 Å². The molecule has 0 radical (unpaired) electrons. The van der Waals surface area contributed by atoms with Crippen LogP contribution in [0.4, 0.5) is 0 Å². The monoisotopic (exact) mass is 301 g/mol. The van der Waals surface area contributed by atoms with E-state index in [1.54, 1.807) is 0 Å². The van der Waals surface area contributed by atoms with Crippen molar-refractivity contribution in [1.29, 1.82) is 0 Å². The summed E-state index contributed by atoms with van der Waals surface area (Å²) in [6.07, 6.45) is 9.37. The summed E-state index contributed by atoms with van der Waals surface area (Å²) in [5.41, 5.74) is 2.24. The molecule has 0 aliphatic heterocycles. The summed E-state index contributed by atoms with van der Waals surface area (Å²) in [6, 6.07) is 11.1. The summed E-state index contributed by atoms with van der Waals surface area (Å²) in [5, 5.41) is 3.30. The molecule has 0 aromatic heterocycles. The van der Waals surface area contributed by atoms with Crippen LogP contribution in [-0.2, 0) is 5.41 Å². The molecule has 1 unspecified atom stereocenters. The molecule has 0 bridgehead atoms. The van der Waals surface area contributed by atoms with Gasteiger partial charge in [-0.05, 0) is 48.3 Å². The normalized spacial score (nSPS) is 14.4. The Bertz CT molecular complexity index is 415. The zero-order chi connectivity index (χ0) is 16.5. The van der Waals surface area contributed by atoms with Crippen LogP contribution in [0.2, 0.25) is 0 Å². The SMILES string of the molecule is C=CNCCC(CCC)(CCCC(C)(C)C)c1ccccc1. The third kappa shape index (κ3) is 6.25.